The van der Waals surface area contributed by atoms with Crippen LogP contribution in [0.5, 0.6) is 0 Å². The van der Waals surface area contributed by atoms with Crippen molar-refractivity contribution in [3.05, 3.63) is 65.7 Å². The van der Waals surface area contributed by atoms with E-state index >= 15 is 0 Å². The van der Waals surface area contributed by atoms with Crippen molar-refractivity contribution in [3.8, 4) is 0 Å². The molecule has 0 aromatic heterocycles. The van der Waals surface area contributed by atoms with Crippen molar-refractivity contribution in [2.24, 2.45) is 5.16 Å². The molecule has 2 aromatic rings. The molecule has 94 valence electrons. The van der Waals surface area contributed by atoms with Crippen LogP contribution >= 0.6 is 0 Å². The fourth-order valence-corrected chi connectivity index (χ4v) is 2.28. The van der Waals surface area contributed by atoms with Crippen LogP contribution in [0, 0.1) is 0 Å². The van der Waals surface area contributed by atoms with Crippen LogP contribution in [0.1, 0.15) is 11.1 Å². The quantitative estimate of drug-likeness (QED) is 0.659. The third-order valence-electron chi connectivity index (χ3n) is 3.18. The summed E-state index contributed by atoms with van der Waals surface area (Å²) >= 11 is 0. The Labute approximate surface area is 110 Å². The summed E-state index contributed by atoms with van der Waals surface area (Å²) in [6, 6.07) is 17.1. The summed E-state index contributed by atoms with van der Waals surface area (Å²) in [7, 11) is 0. The number of nitrogens with zero attached hydrogens (tertiary/aromatic N) is 2. The van der Waals surface area contributed by atoms with E-state index in [-0.39, 0.29) is 11.6 Å². The van der Waals surface area contributed by atoms with E-state index in [1.54, 1.807) is 11.0 Å². The molecule has 3 rings (SSSR count). The Kier molecular flexibility index (Phi) is 2.76. The smallest absolute Gasteiger partial charge is 0.281 e. The van der Waals surface area contributed by atoms with Gasteiger partial charge in [-0.2, -0.15) is 0 Å². The van der Waals surface area contributed by atoms with Gasteiger partial charge in [0.05, 0.1) is 12.2 Å². The number of hydrogen-bond acceptors (Lipinski definition) is 3. The minimum absolute atomic E-state index is 0.103. The van der Waals surface area contributed by atoms with Gasteiger partial charge in [-0.1, -0.05) is 53.7 Å². The van der Waals surface area contributed by atoms with E-state index in [0.29, 0.717) is 12.1 Å². The van der Waals surface area contributed by atoms with E-state index < -0.39 is 0 Å². The molecule has 0 saturated heterocycles. The summed E-state index contributed by atoms with van der Waals surface area (Å²) in [4.78, 5) is 13.9. The Morgan fingerprint density at radius 2 is 1.68 bits per heavy atom. The summed E-state index contributed by atoms with van der Waals surface area (Å²) in [6.07, 6.45) is 0. The number of carbonyl (C=O) groups excluding carboxylic acids is 1. The normalized spacial score (nSPS) is 15.9. The zero-order valence-electron chi connectivity index (χ0n) is 10.2. The zero-order valence-corrected chi connectivity index (χ0v) is 10.2. The number of amides is 1. The van der Waals surface area contributed by atoms with E-state index in [1.807, 2.05) is 48.5 Å². The summed E-state index contributed by atoms with van der Waals surface area (Å²) in [5.41, 5.74) is 2.59. The highest BCUT2D eigenvalue weighted by molar-refractivity contribution is 6.54. The molecule has 0 bridgehead atoms. The molecule has 0 radical (unpaired) electrons. The number of para-hydroxylation sites is 1. The summed E-state index contributed by atoms with van der Waals surface area (Å²) in [6.45, 7) is 0.468. The monoisotopic (exact) mass is 252 g/mol. The van der Waals surface area contributed by atoms with E-state index in [4.69, 9.17) is 5.21 Å². The van der Waals surface area contributed by atoms with Gasteiger partial charge in [-0.05, 0) is 11.6 Å². The Hall–Kier alpha value is -2.62. The average Bonchev–Trinajstić information content (AvgIpc) is 2.73. The number of oxime groups is 1. The lowest BCUT2D eigenvalue weighted by Crippen LogP contribution is -2.29. The first kappa shape index (κ1) is 11.5. The number of rotatable bonds is 2. The lowest BCUT2D eigenvalue weighted by atomic mass is 10.1. The Bertz CT molecular complexity index is 650. The zero-order chi connectivity index (χ0) is 13.2. The molecule has 1 aliphatic heterocycles. The Morgan fingerprint density at radius 3 is 2.42 bits per heavy atom. The van der Waals surface area contributed by atoms with Crippen molar-refractivity contribution in [2.45, 2.75) is 6.54 Å². The van der Waals surface area contributed by atoms with Crippen molar-refractivity contribution >= 4 is 17.3 Å². The predicted octanol–water partition coefficient (Wildman–Crippen LogP) is 2.41. The van der Waals surface area contributed by atoms with Gasteiger partial charge in [0.15, 0.2) is 5.71 Å². The highest BCUT2D eigenvalue weighted by Gasteiger charge is 2.33. The van der Waals surface area contributed by atoms with Gasteiger partial charge >= 0.3 is 0 Å². The molecule has 0 unspecified atom stereocenters. The number of anilines is 1. The van der Waals surface area contributed by atoms with Crippen LogP contribution in [-0.2, 0) is 11.3 Å². The fourth-order valence-electron chi connectivity index (χ4n) is 2.28. The van der Waals surface area contributed by atoms with Crippen LogP contribution in [0.25, 0.3) is 0 Å². The molecule has 0 atom stereocenters. The van der Waals surface area contributed by atoms with Crippen molar-refractivity contribution in [1.82, 2.24) is 0 Å². The fraction of sp³-hybridized carbons (Fsp3) is 0.0667. The maximum atomic E-state index is 12.2. The van der Waals surface area contributed by atoms with Crippen LogP contribution in [0.4, 0.5) is 5.69 Å². The molecule has 0 saturated carbocycles. The second-order valence-corrected chi connectivity index (χ2v) is 4.34. The largest absolute Gasteiger partial charge is 0.410 e. The second-order valence-electron chi connectivity index (χ2n) is 4.34. The van der Waals surface area contributed by atoms with Gasteiger partial charge in [-0.25, -0.2) is 0 Å². The standard InChI is InChI=1S/C15H12N2O2/c18-15-14(16-19)12-8-4-5-9-13(12)17(15)10-11-6-2-1-3-7-11/h1-9,19H,10H2/b16-14-. The number of hydrogen-bond donors (Lipinski definition) is 1. The first-order valence-electron chi connectivity index (χ1n) is 5.98. The van der Waals surface area contributed by atoms with Gasteiger partial charge in [0.25, 0.3) is 5.91 Å². The molecule has 1 amide bonds. The van der Waals surface area contributed by atoms with Crippen LogP contribution < -0.4 is 4.90 Å². The second kappa shape index (κ2) is 4.57. The third-order valence-corrected chi connectivity index (χ3v) is 3.18. The molecule has 1 N–H and O–H groups in total. The van der Waals surface area contributed by atoms with Crippen LogP contribution in [0.2, 0.25) is 0 Å². The molecule has 4 heteroatoms. The Balaban J connectivity index is 2.01. The molecule has 0 spiro atoms. The van der Waals surface area contributed by atoms with Crippen LogP contribution in [0.15, 0.2) is 59.8 Å². The van der Waals surface area contributed by atoms with E-state index in [1.165, 1.54) is 0 Å². The van der Waals surface area contributed by atoms with Crippen molar-refractivity contribution < 1.29 is 10.0 Å². The molecule has 19 heavy (non-hydrogen) atoms. The van der Waals surface area contributed by atoms with Crippen LogP contribution in [-0.4, -0.2) is 16.8 Å². The predicted molar refractivity (Wildman–Crippen MR) is 72.4 cm³/mol. The van der Waals surface area contributed by atoms with E-state index in [2.05, 4.69) is 5.16 Å². The molecule has 0 fully saturated rings. The maximum absolute atomic E-state index is 12.2. The van der Waals surface area contributed by atoms with E-state index in [9.17, 15) is 4.79 Å². The molecule has 0 aliphatic carbocycles. The van der Waals surface area contributed by atoms with Crippen LogP contribution in [0.3, 0.4) is 0 Å². The first-order valence-corrected chi connectivity index (χ1v) is 5.98. The van der Waals surface area contributed by atoms with Gasteiger partial charge in [0.2, 0.25) is 0 Å². The molecule has 1 heterocycles. The van der Waals surface area contributed by atoms with Crippen molar-refractivity contribution in [3.63, 3.8) is 0 Å². The highest BCUT2D eigenvalue weighted by atomic mass is 16.4. The van der Waals surface area contributed by atoms with Crippen molar-refractivity contribution in [1.29, 1.82) is 0 Å². The minimum Gasteiger partial charge on any atom is -0.410 e. The highest BCUT2D eigenvalue weighted by Crippen LogP contribution is 2.30. The lowest BCUT2D eigenvalue weighted by molar-refractivity contribution is -0.112. The molecule has 4 nitrogen and oxygen atoms in total. The molecular weight excluding hydrogens is 240 g/mol. The number of benzene rings is 2. The van der Waals surface area contributed by atoms with Gasteiger partial charge in [-0.3, -0.25) is 4.79 Å². The summed E-state index contributed by atoms with van der Waals surface area (Å²) in [5, 5.41) is 12.1. The van der Waals surface area contributed by atoms with Gasteiger partial charge in [0, 0.05) is 5.56 Å². The molecular formula is C15H12N2O2. The third kappa shape index (κ3) is 1.87. The van der Waals surface area contributed by atoms with Gasteiger partial charge in [0.1, 0.15) is 0 Å². The Morgan fingerprint density at radius 1 is 1.00 bits per heavy atom. The van der Waals surface area contributed by atoms with Gasteiger partial charge in [-0.15, -0.1) is 0 Å². The maximum Gasteiger partial charge on any atom is 0.281 e. The number of fused-ring (bicyclic) bond motifs is 1. The topological polar surface area (TPSA) is 52.9 Å². The molecule has 2 aromatic carbocycles. The first-order chi connectivity index (χ1) is 9.31. The van der Waals surface area contributed by atoms with Gasteiger partial charge < -0.3 is 10.1 Å². The molecule has 1 aliphatic rings. The number of carbonyl (C=O) groups is 1. The minimum atomic E-state index is -0.271. The van der Waals surface area contributed by atoms with Crippen molar-refractivity contribution in [2.75, 3.05) is 4.90 Å². The average molecular weight is 252 g/mol. The SMILES string of the molecule is O=C1/C(=N\O)c2ccccc2N1Cc1ccccc1. The van der Waals surface area contributed by atoms with E-state index in [0.717, 1.165) is 11.3 Å². The summed E-state index contributed by atoms with van der Waals surface area (Å²) in [5.74, 6) is -0.271. The summed E-state index contributed by atoms with van der Waals surface area (Å²) < 4.78 is 0. The lowest BCUT2D eigenvalue weighted by Gasteiger charge is -2.16.